The molecule has 26 heavy (non-hydrogen) atoms. The Balaban J connectivity index is 1.68. The number of rotatable bonds is 4. The minimum Gasteiger partial charge on any atom is -0.491 e. The molecule has 1 aliphatic rings. The maximum absolute atomic E-state index is 14.4. The van der Waals surface area contributed by atoms with E-state index in [1.807, 2.05) is 19.1 Å². The van der Waals surface area contributed by atoms with Crippen molar-refractivity contribution in [3.05, 3.63) is 53.0 Å². The van der Waals surface area contributed by atoms with Crippen molar-refractivity contribution in [2.24, 2.45) is 0 Å². The largest absolute Gasteiger partial charge is 0.491 e. The summed E-state index contributed by atoms with van der Waals surface area (Å²) >= 11 is 0. The lowest BCUT2D eigenvalue weighted by atomic mass is 10.1. The van der Waals surface area contributed by atoms with Crippen LogP contribution in [0.15, 0.2) is 28.7 Å². The van der Waals surface area contributed by atoms with E-state index in [0.717, 1.165) is 30.6 Å². The molecule has 140 valence electrons. The van der Waals surface area contributed by atoms with Crippen LogP contribution < -0.4 is 4.74 Å². The number of benzene rings is 1. The van der Waals surface area contributed by atoms with Crippen LogP contribution >= 0.6 is 0 Å². The first kappa shape index (κ1) is 18.4. The van der Waals surface area contributed by atoms with Crippen LogP contribution in [0.25, 0.3) is 0 Å². The van der Waals surface area contributed by atoms with Gasteiger partial charge in [-0.05, 0) is 37.6 Å². The normalized spacial score (nSPS) is 15.8. The van der Waals surface area contributed by atoms with Gasteiger partial charge in [-0.15, -0.1) is 0 Å². The quantitative estimate of drug-likeness (QED) is 0.836. The number of hydrogen-bond donors (Lipinski definition) is 0. The second-order valence-electron chi connectivity index (χ2n) is 6.38. The van der Waals surface area contributed by atoms with Crippen LogP contribution in [0.1, 0.15) is 28.3 Å². The highest BCUT2D eigenvalue weighted by Crippen LogP contribution is 2.25. The Labute approximate surface area is 151 Å². The average molecular weight is 364 g/mol. The Kier molecular flexibility index (Phi) is 5.56. The lowest BCUT2D eigenvalue weighted by Crippen LogP contribution is -2.35. The summed E-state index contributed by atoms with van der Waals surface area (Å²) in [4.78, 5) is 16.5. The predicted octanol–water partition coefficient (Wildman–Crippen LogP) is 3.22. The SMILES string of the molecule is COc1c(F)ccc(C(=O)N2CCCN(Cc3ccc(C)o3)CC2)c1F. The fraction of sp³-hybridized carbons (Fsp3) is 0.421. The highest BCUT2D eigenvalue weighted by Gasteiger charge is 2.25. The zero-order chi connectivity index (χ0) is 18.7. The van der Waals surface area contributed by atoms with E-state index in [2.05, 4.69) is 4.90 Å². The van der Waals surface area contributed by atoms with Crippen molar-refractivity contribution in [1.29, 1.82) is 0 Å². The van der Waals surface area contributed by atoms with Crippen molar-refractivity contribution in [2.75, 3.05) is 33.3 Å². The number of carbonyl (C=O) groups excluding carboxylic acids is 1. The average Bonchev–Trinajstić information content (AvgIpc) is 2.88. The van der Waals surface area contributed by atoms with Gasteiger partial charge < -0.3 is 14.1 Å². The summed E-state index contributed by atoms with van der Waals surface area (Å²) in [7, 11) is 1.18. The molecule has 0 radical (unpaired) electrons. The molecule has 1 saturated heterocycles. The maximum Gasteiger partial charge on any atom is 0.257 e. The maximum atomic E-state index is 14.4. The lowest BCUT2D eigenvalue weighted by molar-refractivity contribution is 0.0755. The van der Waals surface area contributed by atoms with Gasteiger partial charge in [-0.25, -0.2) is 8.78 Å². The van der Waals surface area contributed by atoms with Crippen molar-refractivity contribution in [3.63, 3.8) is 0 Å². The van der Waals surface area contributed by atoms with E-state index < -0.39 is 23.3 Å². The highest BCUT2D eigenvalue weighted by molar-refractivity contribution is 5.95. The molecule has 0 atom stereocenters. The third kappa shape index (κ3) is 3.88. The molecule has 0 N–H and O–H groups in total. The van der Waals surface area contributed by atoms with Crippen molar-refractivity contribution >= 4 is 5.91 Å². The Bertz CT molecular complexity index is 791. The van der Waals surface area contributed by atoms with Crippen LogP contribution in [0, 0.1) is 18.6 Å². The summed E-state index contributed by atoms with van der Waals surface area (Å²) < 4.78 is 38.3. The van der Waals surface area contributed by atoms with Gasteiger partial charge >= 0.3 is 0 Å². The van der Waals surface area contributed by atoms with Crippen molar-refractivity contribution in [3.8, 4) is 5.75 Å². The van der Waals surface area contributed by atoms with E-state index in [1.54, 1.807) is 4.90 Å². The van der Waals surface area contributed by atoms with Crippen LogP contribution in [-0.2, 0) is 6.54 Å². The number of halogens is 2. The molecule has 0 bridgehead atoms. The Hall–Kier alpha value is -2.41. The fourth-order valence-corrected chi connectivity index (χ4v) is 3.18. The van der Waals surface area contributed by atoms with E-state index in [-0.39, 0.29) is 5.56 Å². The van der Waals surface area contributed by atoms with E-state index >= 15 is 0 Å². The molecular formula is C19H22F2N2O3. The van der Waals surface area contributed by atoms with E-state index in [0.29, 0.717) is 26.2 Å². The molecule has 0 spiro atoms. The minimum atomic E-state index is -0.954. The van der Waals surface area contributed by atoms with E-state index in [9.17, 15) is 13.6 Å². The smallest absolute Gasteiger partial charge is 0.257 e. The summed E-state index contributed by atoms with van der Waals surface area (Å²) in [6.07, 6.45) is 0.769. The van der Waals surface area contributed by atoms with Gasteiger partial charge in [-0.3, -0.25) is 9.69 Å². The molecule has 7 heteroatoms. The number of ether oxygens (including phenoxy) is 1. The summed E-state index contributed by atoms with van der Waals surface area (Å²) in [5, 5.41) is 0. The zero-order valence-corrected chi connectivity index (χ0v) is 14.9. The van der Waals surface area contributed by atoms with Crippen LogP contribution in [0.2, 0.25) is 0 Å². The number of hydrogen-bond acceptors (Lipinski definition) is 4. The van der Waals surface area contributed by atoms with E-state index in [1.165, 1.54) is 13.2 Å². The molecule has 1 aliphatic heterocycles. The summed E-state index contributed by atoms with van der Waals surface area (Å²) in [5.74, 6) is -0.997. The number of amides is 1. The van der Waals surface area contributed by atoms with Gasteiger partial charge in [0.1, 0.15) is 11.5 Å². The standard InChI is InChI=1S/C19H22F2N2O3/c1-13-4-5-14(26-13)12-22-8-3-9-23(11-10-22)19(24)15-6-7-16(20)18(25-2)17(15)21/h4-7H,3,8-12H2,1-2H3. The van der Waals surface area contributed by atoms with Crippen LogP contribution in [-0.4, -0.2) is 49.0 Å². The van der Waals surface area contributed by atoms with Gasteiger partial charge in [-0.2, -0.15) is 0 Å². The Morgan fingerprint density at radius 2 is 1.96 bits per heavy atom. The van der Waals surface area contributed by atoms with Gasteiger partial charge in [0.15, 0.2) is 17.4 Å². The molecule has 1 amide bonds. The van der Waals surface area contributed by atoms with Crippen molar-refractivity contribution in [1.82, 2.24) is 9.80 Å². The first-order chi connectivity index (χ1) is 12.5. The number of carbonyl (C=O) groups is 1. The molecule has 0 saturated carbocycles. The topological polar surface area (TPSA) is 45.9 Å². The van der Waals surface area contributed by atoms with Crippen LogP contribution in [0.3, 0.4) is 0 Å². The molecule has 2 aromatic rings. The molecular weight excluding hydrogens is 342 g/mol. The van der Waals surface area contributed by atoms with Gasteiger partial charge in [0.05, 0.1) is 19.2 Å². The first-order valence-corrected chi connectivity index (χ1v) is 8.58. The van der Waals surface area contributed by atoms with Crippen LogP contribution in [0.5, 0.6) is 5.75 Å². The summed E-state index contributed by atoms with van der Waals surface area (Å²) in [6, 6.07) is 6.10. The van der Waals surface area contributed by atoms with Gasteiger partial charge in [0.2, 0.25) is 0 Å². The summed E-state index contributed by atoms with van der Waals surface area (Å²) in [6.45, 7) is 5.04. The van der Waals surface area contributed by atoms with Crippen molar-refractivity contribution in [2.45, 2.75) is 19.9 Å². The molecule has 1 aromatic heterocycles. The molecule has 3 rings (SSSR count). The Morgan fingerprint density at radius 1 is 1.15 bits per heavy atom. The fourth-order valence-electron chi connectivity index (χ4n) is 3.18. The van der Waals surface area contributed by atoms with Gasteiger partial charge in [-0.1, -0.05) is 0 Å². The van der Waals surface area contributed by atoms with Crippen LogP contribution in [0.4, 0.5) is 8.78 Å². The molecule has 5 nitrogen and oxygen atoms in total. The number of nitrogens with zero attached hydrogens (tertiary/aromatic N) is 2. The van der Waals surface area contributed by atoms with Crippen molar-refractivity contribution < 1.29 is 22.7 Å². The monoisotopic (exact) mass is 364 g/mol. The number of methoxy groups -OCH3 is 1. The second-order valence-corrected chi connectivity index (χ2v) is 6.38. The van der Waals surface area contributed by atoms with Gasteiger partial charge in [0, 0.05) is 26.2 Å². The Morgan fingerprint density at radius 3 is 2.65 bits per heavy atom. The predicted molar refractivity (Wildman–Crippen MR) is 92.2 cm³/mol. The third-order valence-corrected chi connectivity index (χ3v) is 4.53. The molecule has 2 heterocycles. The first-order valence-electron chi connectivity index (χ1n) is 8.58. The third-order valence-electron chi connectivity index (χ3n) is 4.53. The minimum absolute atomic E-state index is 0.168. The summed E-state index contributed by atoms with van der Waals surface area (Å²) in [5.41, 5.74) is -0.168. The molecule has 0 unspecified atom stereocenters. The van der Waals surface area contributed by atoms with Gasteiger partial charge in [0.25, 0.3) is 5.91 Å². The van der Waals surface area contributed by atoms with E-state index in [4.69, 9.17) is 9.15 Å². The lowest BCUT2D eigenvalue weighted by Gasteiger charge is -2.22. The number of aryl methyl sites for hydroxylation is 1. The molecule has 1 aromatic carbocycles. The number of furan rings is 1. The molecule has 1 fully saturated rings. The second kappa shape index (κ2) is 7.86. The molecule has 0 aliphatic carbocycles. The zero-order valence-electron chi connectivity index (χ0n) is 14.9. The highest BCUT2D eigenvalue weighted by atomic mass is 19.1.